The molecule has 72 valence electrons. The molecular formula is C10H21NO. The van der Waals surface area contributed by atoms with Gasteiger partial charge in [-0.2, -0.15) is 0 Å². The van der Waals surface area contributed by atoms with Crippen molar-refractivity contribution in [2.45, 2.75) is 45.6 Å². The molecule has 0 aromatic heterocycles. The molecule has 0 saturated heterocycles. The third-order valence-corrected chi connectivity index (χ3v) is 2.80. The van der Waals surface area contributed by atoms with E-state index >= 15 is 0 Å². The van der Waals surface area contributed by atoms with Gasteiger partial charge in [-0.05, 0) is 30.6 Å². The van der Waals surface area contributed by atoms with Crippen LogP contribution < -0.4 is 5.73 Å². The minimum Gasteiger partial charge on any atom is -0.394 e. The number of hydrogen-bond acceptors (Lipinski definition) is 2. The first-order valence-electron chi connectivity index (χ1n) is 4.77. The SMILES string of the molecule is C[C@@H]1CC(C)(C)C[C@](N)(CO)C1. The second kappa shape index (κ2) is 3.00. The van der Waals surface area contributed by atoms with Crippen LogP contribution in [0.15, 0.2) is 0 Å². The Morgan fingerprint density at radius 1 is 1.42 bits per heavy atom. The third-order valence-electron chi connectivity index (χ3n) is 2.80. The Labute approximate surface area is 75.2 Å². The van der Waals surface area contributed by atoms with Crippen LogP contribution in [0.4, 0.5) is 0 Å². The molecule has 0 aromatic rings. The first kappa shape index (κ1) is 10.0. The Hall–Kier alpha value is -0.0800. The van der Waals surface area contributed by atoms with Crippen molar-refractivity contribution in [1.29, 1.82) is 0 Å². The van der Waals surface area contributed by atoms with Gasteiger partial charge >= 0.3 is 0 Å². The zero-order valence-corrected chi connectivity index (χ0v) is 8.43. The number of hydrogen-bond donors (Lipinski definition) is 2. The fourth-order valence-electron chi connectivity index (χ4n) is 2.93. The van der Waals surface area contributed by atoms with E-state index in [0.29, 0.717) is 11.3 Å². The first-order chi connectivity index (χ1) is 5.37. The molecule has 1 aliphatic carbocycles. The number of aliphatic hydroxyl groups excluding tert-OH is 1. The maximum absolute atomic E-state index is 9.18. The molecule has 1 saturated carbocycles. The van der Waals surface area contributed by atoms with Gasteiger partial charge in [-0.15, -0.1) is 0 Å². The van der Waals surface area contributed by atoms with Gasteiger partial charge in [0.15, 0.2) is 0 Å². The molecule has 0 heterocycles. The lowest BCUT2D eigenvalue weighted by Gasteiger charge is -2.44. The molecule has 0 bridgehead atoms. The van der Waals surface area contributed by atoms with Gasteiger partial charge in [-0.1, -0.05) is 20.8 Å². The fraction of sp³-hybridized carbons (Fsp3) is 1.00. The summed E-state index contributed by atoms with van der Waals surface area (Å²) in [7, 11) is 0. The molecule has 2 nitrogen and oxygen atoms in total. The minimum absolute atomic E-state index is 0.126. The summed E-state index contributed by atoms with van der Waals surface area (Å²) in [5, 5.41) is 9.18. The van der Waals surface area contributed by atoms with Crippen molar-refractivity contribution in [3.05, 3.63) is 0 Å². The van der Waals surface area contributed by atoms with Gasteiger partial charge in [-0.25, -0.2) is 0 Å². The highest BCUT2D eigenvalue weighted by Crippen LogP contribution is 2.42. The molecule has 1 aliphatic rings. The second-order valence-corrected chi connectivity index (χ2v) is 5.37. The Morgan fingerprint density at radius 2 is 2.00 bits per heavy atom. The zero-order chi connectivity index (χ0) is 9.41. The van der Waals surface area contributed by atoms with Crippen LogP contribution in [0.5, 0.6) is 0 Å². The summed E-state index contributed by atoms with van der Waals surface area (Å²) in [6.07, 6.45) is 3.14. The van der Waals surface area contributed by atoms with Crippen LogP contribution in [-0.2, 0) is 0 Å². The molecule has 0 unspecified atom stereocenters. The average Bonchev–Trinajstić information content (AvgIpc) is 1.82. The summed E-state index contributed by atoms with van der Waals surface area (Å²) in [5.74, 6) is 0.644. The molecule has 2 atom stereocenters. The van der Waals surface area contributed by atoms with E-state index in [-0.39, 0.29) is 12.1 Å². The molecule has 3 N–H and O–H groups in total. The molecule has 0 amide bonds. The van der Waals surface area contributed by atoms with Gasteiger partial charge in [0.05, 0.1) is 6.61 Å². The molecule has 0 radical (unpaired) electrons. The van der Waals surface area contributed by atoms with Crippen LogP contribution in [0.2, 0.25) is 0 Å². The predicted molar refractivity (Wildman–Crippen MR) is 50.8 cm³/mol. The van der Waals surface area contributed by atoms with Gasteiger partial charge in [0.2, 0.25) is 0 Å². The van der Waals surface area contributed by atoms with E-state index in [1.165, 1.54) is 6.42 Å². The summed E-state index contributed by atoms with van der Waals surface area (Å²) >= 11 is 0. The standard InChI is InChI=1S/C10H21NO/c1-8-4-9(2,3)6-10(11,5-8)7-12/h8,12H,4-7,11H2,1-3H3/t8-,10+/m1/s1. The molecule has 1 rings (SSSR count). The van der Waals surface area contributed by atoms with Crippen molar-refractivity contribution in [2.75, 3.05) is 6.61 Å². The van der Waals surface area contributed by atoms with E-state index in [9.17, 15) is 5.11 Å². The van der Waals surface area contributed by atoms with E-state index in [2.05, 4.69) is 20.8 Å². The number of aliphatic hydroxyl groups is 1. The quantitative estimate of drug-likeness (QED) is 0.628. The first-order valence-corrected chi connectivity index (χ1v) is 4.77. The molecule has 12 heavy (non-hydrogen) atoms. The average molecular weight is 171 g/mol. The topological polar surface area (TPSA) is 46.2 Å². The summed E-state index contributed by atoms with van der Waals surface area (Å²) in [4.78, 5) is 0. The van der Waals surface area contributed by atoms with Crippen LogP contribution in [0, 0.1) is 11.3 Å². The lowest BCUT2D eigenvalue weighted by Crippen LogP contribution is -2.51. The van der Waals surface area contributed by atoms with Crippen molar-refractivity contribution >= 4 is 0 Å². The fourth-order valence-corrected chi connectivity index (χ4v) is 2.93. The molecule has 0 spiro atoms. The van der Waals surface area contributed by atoms with Gasteiger partial charge in [0.1, 0.15) is 0 Å². The molecule has 1 fully saturated rings. The maximum Gasteiger partial charge on any atom is 0.0611 e. The third kappa shape index (κ3) is 2.20. The summed E-state index contributed by atoms with van der Waals surface area (Å²) in [5.41, 5.74) is 6.06. The van der Waals surface area contributed by atoms with Crippen molar-refractivity contribution < 1.29 is 5.11 Å². The summed E-state index contributed by atoms with van der Waals surface area (Å²) in [6.45, 7) is 6.82. The van der Waals surface area contributed by atoms with E-state index in [1.54, 1.807) is 0 Å². The molecule has 2 heteroatoms. The highest BCUT2D eigenvalue weighted by atomic mass is 16.3. The predicted octanol–water partition coefficient (Wildman–Crippen LogP) is 1.52. The van der Waals surface area contributed by atoms with E-state index < -0.39 is 0 Å². The smallest absolute Gasteiger partial charge is 0.0611 e. The van der Waals surface area contributed by atoms with Crippen molar-refractivity contribution in [1.82, 2.24) is 0 Å². The normalized spacial score (nSPS) is 41.2. The van der Waals surface area contributed by atoms with Crippen molar-refractivity contribution in [3.63, 3.8) is 0 Å². The number of nitrogens with two attached hydrogens (primary N) is 1. The van der Waals surface area contributed by atoms with Crippen molar-refractivity contribution in [3.8, 4) is 0 Å². The molecular weight excluding hydrogens is 150 g/mol. The van der Waals surface area contributed by atoms with Gasteiger partial charge in [-0.3, -0.25) is 0 Å². The van der Waals surface area contributed by atoms with Gasteiger partial charge < -0.3 is 10.8 Å². The summed E-state index contributed by atoms with van der Waals surface area (Å²) in [6, 6.07) is 0. The lowest BCUT2D eigenvalue weighted by atomic mass is 9.65. The minimum atomic E-state index is -0.318. The Kier molecular flexibility index (Phi) is 2.50. The van der Waals surface area contributed by atoms with Crippen LogP contribution >= 0.6 is 0 Å². The monoisotopic (exact) mass is 171 g/mol. The van der Waals surface area contributed by atoms with E-state index in [1.807, 2.05) is 0 Å². The van der Waals surface area contributed by atoms with Crippen LogP contribution in [0.25, 0.3) is 0 Å². The van der Waals surface area contributed by atoms with E-state index in [0.717, 1.165) is 12.8 Å². The highest BCUT2D eigenvalue weighted by molar-refractivity contribution is 4.96. The van der Waals surface area contributed by atoms with Crippen LogP contribution in [-0.4, -0.2) is 17.3 Å². The highest BCUT2D eigenvalue weighted by Gasteiger charge is 2.39. The Bertz CT molecular complexity index is 167. The second-order valence-electron chi connectivity index (χ2n) is 5.37. The maximum atomic E-state index is 9.18. The Balaban J connectivity index is 2.70. The van der Waals surface area contributed by atoms with Gasteiger partial charge in [0, 0.05) is 5.54 Å². The lowest BCUT2D eigenvalue weighted by molar-refractivity contribution is 0.0622. The summed E-state index contributed by atoms with van der Waals surface area (Å²) < 4.78 is 0. The Morgan fingerprint density at radius 3 is 2.42 bits per heavy atom. The van der Waals surface area contributed by atoms with Gasteiger partial charge in [0.25, 0.3) is 0 Å². The largest absolute Gasteiger partial charge is 0.394 e. The zero-order valence-electron chi connectivity index (χ0n) is 8.43. The van der Waals surface area contributed by atoms with Crippen LogP contribution in [0.1, 0.15) is 40.0 Å². The molecule has 0 aromatic carbocycles. The van der Waals surface area contributed by atoms with E-state index in [4.69, 9.17) is 5.73 Å². The van der Waals surface area contributed by atoms with Crippen molar-refractivity contribution in [2.24, 2.45) is 17.1 Å². The van der Waals surface area contributed by atoms with Crippen LogP contribution in [0.3, 0.4) is 0 Å². The molecule has 0 aliphatic heterocycles. The number of rotatable bonds is 1.